The minimum atomic E-state index is -0.0213. The molecule has 0 amide bonds. The summed E-state index contributed by atoms with van der Waals surface area (Å²) in [4.78, 5) is 13.7. The molecular weight excluding hydrogens is 376 g/mol. The van der Waals surface area contributed by atoms with E-state index < -0.39 is 0 Å². The number of carbonyl (C=O) groups is 1. The maximum Gasteiger partial charge on any atom is 0.133 e. The lowest BCUT2D eigenvalue weighted by Gasteiger charge is -2.30. The van der Waals surface area contributed by atoms with E-state index in [2.05, 4.69) is 24.4 Å². The van der Waals surface area contributed by atoms with Crippen LogP contribution >= 0.6 is 23.1 Å². The Balaban J connectivity index is 1.53. The molecule has 1 saturated carbocycles. The zero-order chi connectivity index (χ0) is 19.2. The van der Waals surface area contributed by atoms with Crippen LogP contribution in [0.3, 0.4) is 0 Å². The summed E-state index contributed by atoms with van der Waals surface area (Å²) in [5.74, 6) is 1.00. The van der Waals surface area contributed by atoms with Crippen molar-refractivity contribution >= 4 is 34.5 Å². The fourth-order valence-corrected chi connectivity index (χ4v) is 6.71. The highest BCUT2D eigenvalue weighted by atomic mass is 32.2. The van der Waals surface area contributed by atoms with E-state index in [0.717, 1.165) is 58.7 Å². The quantitative estimate of drug-likeness (QED) is 0.614. The lowest BCUT2D eigenvalue weighted by molar-refractivity contribution is -0.120. The maximum absolute atomic E-state index is 11.6. The second kappa shape index (κ2) is 7.06. The topological polar surface area (TPSA) is 75.4 Å². The molecule has 4 nitrogen and oxygen atoms in total. The Hall–Kier alpha value is -1.66. The Morgan fingerprint density at radius 1 is 1.48 bits per heavy atom. The number of nitrogens with two attached hydrogens (primary N) is 1. The van der Waals surface area contributed by atoms with Crippen LogP contribution in [0.5, 0.6) is 0 Å². The first kappa shape index (κ1) is 18.7. The zero-order valence-electron chi connectivity index (χ0n) is 15.7. The van der Waals surface area contributed by atoms with Gasteiger partial charge in [-0.15, -0.1) is 11.3 Å². The minimum Gasteiger partial charge on any atom is -0.515 e. The number of fused-ring (bicyclic) bond motifs is 1. The number of thioether (sulfide) groups is 1. The highest BCUT2D eigenvalue weighted by Crippen LogP contribution is 2.63. The summed E-state index contributed by atoms with van der Waals surface area (Å²) in [5.41, 5.74) is 10.5. The van der Waals surface area contributed by atoms with Crippen molar-refractivity contribution < 1.29 is 9.90 Å². The average molecular weight is 403 g/mol. The number of rotatable bonds is 5. The van der Waals surface area contributed by atoms with Crippen LogP contribution in [-0.2, 0) is 4.79 Å². The van der Waals surface area contributed by atoms with Crippen molar-refractivity contribution in [2.75, 3.05) is 0 Å². The van der Waals surface area contributed by atoms with Gasteiger partial charge in [-0.05, 0) is 63.0 Å². The van der Waals surface area contributed by atoms with Crippen LogP contribution in [0.1, 0.15) is 49.5 Å². The predicted octanol–water partition coefficient (Wildman–Crippen LogP) is 4.84. The molecule has 1 aromatic heterocycles. The summed E-state index contributed by atoms with van der Waals surface area (Å²) in [7, 11) is 0. The minimum absolute atomic E-state index is 0.0213. The van der Waals surface area contributed by atoms with E-state index in [4.69, 9.17) is 5.73 Å². The highest BCUT2D eigenvalue weighted by molar-refractivity contribution is 8.05. The molecular formula is C21H26N2O2S2. The van der Waals surface area contributed by atoms with Gasteiger partial charge in [0, 0.05) is 38.6 Å². The van der Waals surface area contributed by atoms with Crippen molar-refractivity contribution in [3.8, 4) is 0 Å². The van der Waals surface area contributed by atoms with Gasteiger partial charge in [0.25, 0.3) is 0 Å². The van der Waals surface area contributed by atoms with Crippen molar-refractivity contribution in [1.82, 2.24) is 5.32 Å². The first-order chi connectivity index (χ1) is 12.9. The molecule has 27 heavy (non-hydrogen) atoms. The molecule has 0 bridgehead atoms. The number of aliphatic hydroxyl groups excluding tert-OH is 1. The van der Waals surface area contributed by atoms with Crippen LogP contribution in [0.4, 0.5) is 0 Å². The van der Waals surface area contributed by atoms with Gasteiger partial charge in [-0.3, -0.25) is 4.79 Å². The van der Waals surface area contributed by atoms with E-state index in [1.54, 1.807) is 30.0 Å². The molecule has 1 fully saturated rings. The normalized spacial score (nSPS) is 30.6. The number of nitrogens with one attached hydrogen (secondary N) is 1. The van der Waals surface area contributed by atoms with Gasteiger partial charge in [0.15, 0.2) is 0 Å². The summed E-state index contributed by atoms with van der Waals surface area (Å²) in [6, 6.07) is 2.07. The Kier molecular flexibility index (Phi) is 4.89. The third-order valence-corrected chi connectivity index (χ3v) is 8.63. The summed E-state index contributed by atoms with van der Waals surface area (Å²) >= 11 is 3.41. The first-order valence-corrected chi connectivity index (χ1v) is 11.2. The van der Waals surface area contributed by atoms with Crippen molar-refractivity contribution in [3.05, 3.63) is 50.5 Å². The third kappa shape index (κ3) is 3.45. The summed E-state index contributed by atoms with van der Waals surface area (Å²) < 4.78 is 0. The molecule has 1 aromatic rings. The number of aliphatic hydroxyl groups is 1. The average Bonchev–Trinajstić information content (AvgIpc) is 3.15. The van der Waals surface area contributed by atoms with Gasteiger partial charge >= 0.3 is 0 Å². The highest BCUT2D eigenvalue weighted by Gasteiger charge is 2.58. The first-order valence-electron chi connectivity index (χ1n) is 9.48. The molecule has 2 heterocycles. The molecule has 4 N–H and O–H groups in total. The van der Waals surface area contributed by atoms with Crippen LogP contribution in [0, 0.1) is 18.8 Å². The summed E-state index contributed by atoms with van der Waals surface area (Å²) in [6.45, 7) is 3.75. The molecule has 3 atom stereocenters. The molecule has 0 spiro atoms. The second-order valence-electron chi connectivity index (χ2n) is 7.86. The SMILES string of the molecule is CC(=O)C1CC=C(NC23CC2CC(N)=C(C(=CO)c2sccc2C)S3)CC1. The van der Waals surface area contributed by atoms with E-state index in [9.17, 15) is 9.90 Å². The summed E-state index contributed by atoms with van der Waals surface area (Å²) in [5, 5.41) is 15.8. The van der Waals surface area contributed by atoms with Gasteiger partial charge in [-0.1, -0.05) is 17.8 Å². The fraction of sp³-hybridized carbons (Fsp3) is 0.476. The van der Waals surface area contributed by atoms with Crippen LogP contribution in [0.2, 0.25) is 0 Å². The molecule has 3 unspecified atom stereocenters. The van der Waals surface area contributed by atoms with E-state index in [0.29, 0.717) is 11.7 Å². The van der Waals surface area contributed by atoms with Crippen molar-refractivity contribution in [2.24, 2.45) is 17.6 Å². The maximum atomic E-state index is 11.6. The van der Waals surface area contributed by atoms with Gasteiger partial charge in [-0.2, -0.15) is 0 Å². The molecule has 144 valence electrons. The van der Waals surface area contributed by atoms with E-state index in [1.165, 1.54) is 12.0 Å². The van der Waals surface area contributed by atoms with Crippen molar-refractivity contribution in [3.63, 3.8) is 0 Å². The third-order valence-electron chi connectivity index (χ3n) is 5.93. The molecule has 4 rings (SSSR count). The van der Waals surface area contributed by atoms with Crippen molar-refractivity contribution in [1.29, 1.82) is 0 Å². The van der Waals surface area contributed by atoms with E-state index >= 15 is 0 Å². The molecule has 0 radical (unpaired) electrons. The number of carbonyl (C=O) groups excluding carboxylic acids is 1. The van der Waals surface area contributed by atoms with E-state index in [1.807, 2.05) is 5.38 Å². The Morgan fingerprint density at radius 2 is 2.30 bits per heavy atom. The standard InChI is InChI=1S/C21H26N2O2S2/c1-12-7-8-26-19(12)17(11-24)20-18(22)9-15-10-21(15,27-20)23-16-5-3-14(4-6-16)13(2)25/h5,7-8,11,14-15,23-24H,3-4,6,9-10,22H2,1-2H3. The van der Waals surface area contributed by atoms with Crippen LogP contribution in [-0.4, -0.2) is 15.8 Å². The zero-order valence-corrected chi connectivity index (χ0v) is 17.4. The predicted molar refractivity (Wildman–Crippen MR) is 113 cm³/mol. The lowest BCUT2D eigenvalue weighted by atomic mass is 9.89. The number of Topliss-reactive ketones (excluding diaryl/α,β-unsaturated/α-hetero) is 1. The number of aryl methyl sites for hydroxylation is 1. The van der Waals surface area contributed by atoms with Gasteiger partial charge in [0.1, 0.15) is 5.78 Å². The van der Waals surface area contributed by atoms with Crippen molar-refractivity contribution in [2.45, 2.75) is 50.8 Å². The van der Waals surface area contributed by atoms with Gasteiger partial charge in [-0.25, -0.2) is 0 Å². The second-order valence-corrected chi connectivity index (χ2v) is 10.1. The van der Waals surface area contributed by atoms with Crippen LogP contribution in [0.15, 0.2) is 40.1 Å². The molecule has 0 saturated heterocycles. The summed E-state index contributed by atoms with van der Waals surface area (Å²) in [6.07, 6.45) is 8.05. The smallest absolute Gasteiger partial charge is 0.133 e. The number of hydrogen-bond acceptors (Lipinski definition) is 6. The van der Waals surface area contributed by atoms with Crippen LogP contribution in [0.25, 0.3) is 5.57 Å². The van der Waals surface area contributed by atoms with Gasteiger partial charge in [0.05, 0.1) is 11.1 Å². The molecule has 1 aliphatic heterocycles. The van der Waals surface area contributed by atoms with E-state index in [-0.39, 0.29) is 10.8 Å². The number of thiophene rings is 1. The largest absolute Gasteiger partial charge is 0.515 e. The monoisotopic (exact) mass is 402 g/mol. The number of hydrogen-bond donors (Lipinski definition) is 3. The Labute approximate surface area is 168 Å². The van der Waals surface area contributed by atoms with Crippen LogP contribution < -0.4 is 11.1 Å². The molecule has 2 aliphatic carbocycles. The molecule has 3 aliphatic rings. The Morgan fingerprint density at radius 3 is 2.89 bits per heavy atom. The molecule has 0 aromatic carbocycles. The molecule has 6 heteroatoms. The lowest BCUT2D eigenvalue weighted by Crippen LogP contribution is -2.34. The van der Waals surface area contributed by atoms with Gasteiger partial charge in [0.2, 0.25) is 0 Å². The number of ketones is 1. The Bertz CT molecular complexity index is 867. The fourth-order valence-electron chi connectivity index (χ4n) is 4.14. The number of allylic oxidation sites excluding steroid dienone is 4. The van der Waals surface area contributed by atoms with Gasteiger partial charge < -0.3 is 16.2 Å².